The lowest BCUT2D eigenvalue weighted by Gasteiger charge is -2.12. The first-order valence-corrected chi connectivity index (χ1v) is 5.92. The van der Waals surface area contributed by atoms with Crippen LogP contribution in [0.5, 0.6) is 0 Å². The molecule has 5 heteroatoms. The lowest BCUT2D eigenvalue weighted by Crippen LogP contribution is -2.27. The van der Waals surface area contributed by atoms with Gasteiger partial charge in [-0.15, -0.1) is 0 Å². The third kappa shape index (κ3) is 5.89. The number of rotatable bonds is 5. The normalized spacial score (nSPS) is 14.1. The molecule has 0 spiro atoms. The largest absolute Gasteiger partial charge is 0.403 e. The summed E-state index contributed by atoms with van der Waals surface area (Å²) in [5, 5.41) is 0. The van der Waals surface area contributed by atoms with Gasteiger partial charge in [0.15, 0.2) is 0 Å². The Bertz CT molecular complexity index is 349. The van der Waals surface area contributed by atoms with Crippen LogP contribution in [0, 0.1) is 0 Å². The minimum atomic E-state index is -4.26. The lowest BCUT2D eigenvalue weighted by molar-refractivity contribution is -0.136. The molecule has 0 heterocycles. The molecule has 1 nitrogen and oxygen atoms in total. The molecule has 0 saturated heterocycles. The second-order valence-corrected chi connectivity index (χ2v) is 4.46. The predicted molar refractivity (Wildman–Crippen MR) is 65.1 cm³/mol. The molecule has 0 amide bonds. The van der Waals surface area contributed by atoms with Crippen LogP contribution in [0.15, 0.2) is 36.4 Å². The molecular weight excluding hydrogens is 297 g/mol. The first-order chi connectivity index (χ1) is 8.00. The van der Waals surface area contributed by atoms with Crippen LogP contribution in [0.25, 0.3) is 6.08 Å². The van der Waals surface area contributed by atoms with Gasteiger partial charge in [-0.25, -0.2) is 0 Å². The molecule has 1 unspecified atom stereocenters. The number of benzene rings is 1. The van der Waals surface area contributed by atoms with Crippen molar-refractivity contribution in [1.29, 1.82) is 0 Å². The van der Waals surface area contributed by atoms with Crippen LogP contribution < -0.4 is 0 Å². The Hall–Kier alpha value is -0.810. The summed E-state index contributed by atoms with van der Waals surface area (Å²) in [5.74, 6) is 0. The van der Waals surface area contributed by atoms with Crippen molar-refractivity contribution in [3.8, 4) is 0 Å². The smallest absolute Gasteiger partial charge is 0.376 e. The summed E-state index contributed by atoms with van der Waals surface area (Å²) in [6, 6.07) is 9.48. The van der Waals surface area contributed by atoms with Gasteiger partial charge in [0.2, 0.25) is 0 Å². The van der Waals surface area contributed by atoms with E-state index in [0.29, 0.717) is 0 Å². The summed E-state index contributed by atoms with van der Waals surface area (Å²) in [6.07, 6.45) is -0.772. The number of alkyl halides is 4. The monoisotopic (exact) mass is 308 g/mol. The molecule has 0 N–H and O–H groups in total. The van der Waals surface area contributed by atoms with E-state index in [1.54, 1.807) is 12.2 Å². The van der Waals surface area contributed by atoms with E-state index < -0.39 is 11.0 Å². The molecule has 0 aliphatic heterocycles. The molecule has 0 fully saturated rings. The van der Waals surface area contributed by atoms with Crippen LogP contribution in [0.4, 0.5) is 13.2 Å². The second kappa shape index (κ2) is 6.81. The first-order valence-electron chi connectivity index (χ1n) is 5.00. The third-order valence-corrected chi connectivity index (χ3v) is 2.73. The Labute approximate surface area is 106 Å². The van der Waals surface area contributed by atoms with Crippen molar-refractivity contribution in [1.82, 2.24) is 0 Å². The Morgan fingerprint density at radius 3 is 2.47 bits per heavy atom. The Morgan fingerprint density at radius 2 is 1.88 bits per heavy atom. The average molecular weight is 309 g/mol. The summed E-state index contributed by atoms with van der Waals surface area (Å²) in [6.45, 7) is -0.226. The quantitative estimate of drug-likeness (QED) is 0.589. The third-order valence-electron chi connectivity index (χ3n) is 1.94. The molecule has 0 saturated carbocycles. The zero-order chi connectivity index (χ0) is 12.7. The van der Waals surface area contributed by atoms with E-state index in [2.05, 4.69) is 15.9 Å². The van der Waals surface area contributed by atoms with Crippen molar-refractivity contribution < 1.29 is 17.9 Å². The van der Waals surface area contributed by atoms with E-state index >= 15 is 0 Å². The van der Waals surface area contributed by atoms with Gasteiger partial charge in [-0.2, -0.15) is 13.2 Å². The topological polar surface area (TPSA) is 9.23 Å². The van der Waals surface area contributed by atoms with Crippen molar-refractivity contribution >= 4 is 22.0 Å². The molecule has 0 bridgehead atoms. The SMILES string of the molecule is FC(F)(F)C(Br)COCC=Cc1ccccc1. The van der Waals surface area contributed by atoms with Crippen molar-refractivity contribution in [2.24, 2.45) is 0 Å². The van der Waals surface area contributed by atoms with Gasteiger partial charge in [0.05, 0.1) is 13.2 Å². The van der Waals surface area contributed by atoms with Gasteiger partial charge in [0, 0.05) is 0 Å². The molecule has 1 aromatic carbocycles. The molecule has 17 heavy (non-hydrogen) atoms. The summed E-state index contributed by atoms with van der Waals surface area (Å²) in [5.41, 5.74) is 0.988. The van der Waals surface area contributed by atoms with Crippen LogP contribution in [0.3, 0.4) is 0 Å². The van der Waals surface area contributed by atoms with E-state index in [-0.39, 0.29) is 13.2 Å². The molecule has 1 atom stereocenters. The lowest BCUT2D eigenvalue weighted by atomic mass is 10.2. The highest BCUT2D eigenvalue weighted by molar-refractivity contribution is 9.09. The highest BCUT2D eigenvalue weighted by Crippen LogP contribution is 2.26. The van der Waals surface area contributed by atoms with Crippen LogP contribution in [-0.4, -0.2) is 24.2 Å². The number of ether oxygens (including phenoxy) is 1. The number of hydrogen-bond donors (Lipinski definition) is 0. The van der Waals surface area contributed by atoms with Gasteiger partial charge >= 0.3 is 6.18 Å². The van der Waals surface area contributed by atoms with Crippen molar-refractivity contribution in [2.75, 3.05) is 13.2 Å². The maximum Gasteiger partial charge on any atom is 0.403 e. The van der Waals surface area contributed by atoms with Crippen molar-refractivity contribution in [2.45, 2.75) is 11.0 Å². The number of halogens is 4. The fraction of sp³-hybridized carbons (Fsp3) is 0.333. The summed E-state index contributed by atoms with van der Waals surface area (Å²) < 4.78 is 41.1. The Kier molecular flexibility index (Phi) is 5.71. The Morgan fingerprint density at radius 1 is 1.24 bits per heavy atom. The second-order valence-electron chi connectivity index (χ2n) is 3.36. The van der Waals surface area contributed by atoms with E-state index in [4.69, 9.17) is 4.74 Å². The fourth-order valence-corrected chi connectivity index (χ4v) is 1.27. The van der Waals surface area contributed by atoms with Gasteiger partial charge in [-0.3, -0.25) is 0 Å². The molecule has 1 aromatic rings. The molecule has 0 aliphatic rings. The van der Waals surface area contributed by atoms with Crippen LogP contribution in [0.1, 0.15) is 5.56 Å². The molecule has 0 aliphatic carbocycles. The zero-order valence-electron chi connectivity index (χ0n) is 8.95. The maximum absolute atomic E-state index is 12.1. The maximum atomic E-state index is 12.1. The standard InChI is InChI=1S/C12H12BrF3O/c13-11(12(14,15)16)9-17-8-4-7-10-5-2-1-3-6-10/h1-7,11H,8-9H2. The summed E-state index contributed by atoms with van der Waals surface area (Å²) >= 11 is 2.52. The van der Waals surface area contributed by atoms with Gasteiger partial charge < -0.3 is 4.74 Å². The number of hydrogen-bond acceptors (Lipinski definition) is 1. The van der Waals surface area contributed by atoms with Crippen LogP contribution in [0.2, 0.25) is 0 Å². The molecule has 94 valence electrons. The van der Waals surface area contributed by atoms with E-state index in [9.17, 15) is 13.2 Å². The fourth-order valence-electron chi connectivity index (χ4n) is 1.08. The van der Waals surface area contributed by atoms with Gasteiger partial charge in [0.1, 0.15) is 4.83 Å². The van der Waals surface area contributed by atoms with Gasteiger partial charge in [-0.05, 0) is 5.56 Å². The Balaban J connectivity index is 2.23. The van der Waals surface area contributed by atoms with Crippen LogP contribution >= 0.6 is 15.9 Å². The van der Waals surface area contributed by atoms with Crippen molar-refractivity contribution in [3.05, 3.63) is 42.0 Å². The highest BCUT2D eigenvalue weighted by Gasteiger charge is 2.37. The average Bonchev–Trinajstić information content (AvgIpc) is 2.28. The molecule has 1 rings (SSSR count). The predicted octanol–water partition coefficient (Wildman–Crippen LogP) is 4.04. The zero-order valence-corrected chi connectivity index (χ0v) is 10.5. The molecule has 0 radical (unpaired) electrons. The van der Waals surface area contributed by atoms with E-state index in [1.807, 2.05) is 30.3 Å². The highest BCUT2D eigenvalue weighted by atomic mass is 79.9. The van der Waals surface area contributed by atoms with E-state index in [0.717, 1.165) is 5.56 Å². The molecular formula is C12H12BrF3O. The summed E-state index contributed by atoms with van der Waals surface area (Å²) in [7, 11) is 0. The minimum absolute atomic E-state index is 0.160. The molecule has 0 aromatic heterocycles. The van der Waals surface area contributed by atoms with Crippen LogP contribution in [-0.2, 0) is 4.74 Å². The van der Waals surface area contributed by atoms with Crippen molar-refractivity contribution in [3.63, 3.8) is 0 Å². The first kappa shape index (κ1) is 14.3. The van der Waals surface area contributed by atoms with E-state index in [1.165, 1.54) is 0 Å². The minimum Gasteiger partial charge on any atom is -0.376 e. The van der Waals surface area contributed by atoms with Gasteiger partial charge in [-0.1, -0.05) is 58.4 Å². The summed E-state index contributed by atoms with van der Waals surface area (Å²) in [4.78, 5) is -1.61. The van der Waals surface area contributed by atoms with Gasteiger partial charge in [0.25, 0.3) is 0 Å².